The van der Waals surface area contributed by atoms with Crippen molar-refractivity contribution in [3.8, 4) is 0 Å². The molecule has 2 heterocycles. The molecule has 2 rings (SSSR count). The normalized spacial score (nSPS) is 21.5. The second-order valence-corrected chi connectivity index (χ2v) is 7.21. The van der Waals surface area contributed by atoms with Gasteiger partial charge in [0.15, 0.2) is 9.84 Å². The van der Waals surface area contributed by atoms with E-state index >= 15 is 0 Å². The third-order valence-electron chi connectivity index (χ3n) is 3.26. The summed E-state index contributed by atoms with van der Waals surface area (Å²) in [5.74, 6) is 1.89. The SMILES string of the molecule is CCCc1cc(NCC)nc(C2CCS(=O)(=O)C2)n1. The van der Waals surface area contributed by atoms with Crippen molar-refractivity contribution >= 4 is 15.7 Å². The summed E-state index contributed by atoms with van der Waals surface area (Å²) < 4.78 is 23.1. The second kappa shape index (κ2) is 5.86. The third-order valence-corrected chi connectivity index (χ3v) is 5.03. The molecular weight excluding hydrogens is 262 g/mol. The summed E-state index contributed by atoms with van der Waals surface area (Å²) in [6.45, 7) is 4.92. The van der Waals surface area contributed by atoms with Crippen molar-refractivity contribution < 1.29 is 8.42 Å². The lowest BCUT2D eigenvalue weighted by Crippen LogP contribution is -2.11. The minimum absolute atomic E-state index is 0.0424. The van der Waals surface area contributed by atoms with Gasteiger partial charge in [0.1, 0.15) is 11.6 Å². The Morgan fingerprint density at radius 1 is 1.37 bits per heavy atom. The maximum atomic E-state index is 11.6. The highest BCUT2D eigenvalue weighted by molar-refractivity contribution is 7.91. The number of aromatic nitrogens is 2. The Bertz CT molecular complexity index is 519. The zero-order valence-electron chi connectivity index (χ0n) is 11.5. The van der Waals surface area contributed by atoms with Crippen LogP contribution in [0.1, 0.15) is 44.1 Å². The average Bonchev–Trinajstić information content (AvgIpc) is 2.70. The Morgan fingerprint density at radius 2 is 2.16 bits per heavy atom. The van der Waals surface area contributed by atoms with E-state index in [0.29, 0.717) is 12.2 Å². The molecule has 0 spiro atoms. The zero-order valence-corrected chi connectivity index (χ0v) is 12.3. The number of aryl methyl sites for hydroxylation is 1. The summed E-state index contributed by atoms with van der Waals surface area (Å²) in [4.78, 5) is 9.00. The Morgan fingerprint density at radius 3 is 2.74 bits per heavy atom. The number of anilines is 1. The van der Waals surface area contributed by atoms with Crippen LogP contribution in [0.5, 0.6) is 0 Å². The van der Waals surface area contributed by atoms with Crippen LogP contribution in [-0.2, 0) is 16.3 Å². The number of hydrogen-bond acceptors (Lipinski definition) is 5. The number of hydrogen-bond donors (Lipinski definition) is 1. The van der Waals surface area contributed by atoms with Gasteiger partial charge < -0.3 is 5.32 Å². The Labute approximate surface area is 114 Å². The van der Waals surface area contributed by atoms with Gasteiger partial charge in [0.2, 0.25) is 0 Å². The van der Waals surface area contributed by atoms with Gasteiger partial charge in [-0.2, -0.15) is 0 Å². The molecule has 1 aliphatic rings. The summed E-state index contributed by atoms with van der Waals surface area (Å²) in [6, 6.07) is 1.96. The van der Waals surface area contributed by atoms with Crippen LogP contribution in [0.2, 0.25) is 0 Å². The molecule has 106 valence electrons. The summed E-state index contributed by atoms with van der Waals surface area (Å²) in [5.41, 5.74) is 0.993. The van der Waals surface area contributed by atoms with Crippen molar-refractivity contribution in [1.82, 2.24) is 9.97 Å². The van der Waals surface area contributed by atoms with E-state index in [9.17, 15) is 8.42 Å². The molecule has 0 saturated carbocycles. The van der Waals surface area contributed by atoms with Crippen LogP contribution in [0.3, 0.4) is 0 Å². The van der Waals surface area contributed by atoms with E-state index in [-0.39, 0.29) is 17.4 Å². The van der Waals surface area contributed by atoms with Gasteiger partial charge in [0.05, 0.1) is 11.5 Å². The summed E-state index contributed by atoms with van der Waals surface area (Å²) >= 11 is 0. The van der Waals surface area contributed by atoms with E-state index in [1.165, 1.54) is 0 Å². The number of nitrogens with zero attached hydrogens (tertiary/aromatic N) is 2. The molecule has 5 nitrogen and oxygen atoms in total. The molecule has 0 amide bonds. The fourth-order valence-electron chi connectivity index (χ4n) is 2.36. The average molecular weight is 283 g/mol. The van der Waals surface area contributed by atoms with E-state index in [1.54, 1.807) is 0 Å². The van der Waals surface area contributed by atoms with Crippen molar-refractivity contribution in [2.45, 2.75) is 39.0 Å². The molecule has 1 atom stereocenters. The molecule has 1 N–H and O–H groups in total. The van der Waals surface area contributed by atoms with Crippen LogP contribution in [0.15, 0.2) is 6.07 Å². The number of rotatable bonds is 5. The minimum atomic E-state index is -2.89. The van der Waals surface area contributed by atoms with Gasteiger partial charge in [-0.25, -0.2) is 18.4 Å². The van der Waals surface area contributed by atoms with Gasteiger partial charge in [0.25, 0.3) is 0 Å². The summed E-state index contributed by atoms with van der Waals surface area (Å²) in [5, 5.41) is 3.19. The van der Waals surface area contributed by atoms with E-state index in [0.717, 1.165) is 30.9 Å². The van der Waals surface area contributed by atoms with E-state index in [1.807, 2.05) is 13.0 Å². The first kappa shape index (κ1) is 14.2. The molecular formula is C13H21N3O2S. The molecule has 1 fully saturated rings. The first-order chi connectivity index (χ1) is 9.04. The maximum Gasteiger partial charge on any atom is 0.151 e. The van der Waals surface area contributed by atoms with Crippen LogP contribution >= 0.6 is 0 Å². The largest absolute Gasteiger partial charge is 0.370 e. The Hall–Kier alpha value is -1.17. The molecule has 0 aromatic carbocycles. The summed E-state index contributed by atoms with van der Waals surface area (Å²) in [7, 11) is -2.89. The fourth-order valence-corrected chi connectivity index (χ4v) is 4.09. The molecule has 1 aromatic heterocycles. The molecule has 1 unspecified atom stereocenters. The topological polar surface area (TPSA) is 72.0 Å². The Kier molecular flexibility index (Phi) is 4.39. The number of nitrogens with one attached hydrogen (secondary N) is 1. The predicted molar refractivity (Wildman–Crippen MR) is 76.2 cm³/mol. The van der Waals surface area contributed by atoms with Crippen LogP contribution in [0, 0.1) is 0 Å². The van der Waals surface area contributed by atoms with E-state index < -0.39 is 9.84 Å². The highest BCUT2D eigenvalue weighted by Crippen LogP contribution is 2.27. The lowest BCUT2D eigenvalue weighted by Gasteiger charge is -2.11. The van der Waals surface area contributed by atoms with Crippen LogP contribution in [-0.4, -0.2) is 36.4 Å². The van der Waals surface area contributed by atoms with Crippen LogP contribution in [0.25, 0.3) is 0 Å². The molecule has 1 aliphatic heterocycles. The predicted octanol–water partition coefficient (Wildman–Crippen LogP) is 1.76. The van der Waals surface area contributed by atoms with E-state index in [4.69, 9.17) is 0 Å². The quantitative estimate of drug-likeness (QED) is 0.891. The van der Waals surface area contributed by atoms with Gasteiger partial charge in [-0.1, -0.05) is 13.3 Å². The van der Waals surface area contributed by atoms with E-state index in [2.05, 4.69) is 22.2 Å². The van der Waals surface area contributed by atoms with Gasteiger partial charge in [-0.05, 0) is 19.8 Å². The fraction of sp³-hybridized carbons (Fsp3) is 0.692. The van der Waals surface area contributed by atoms with Crippen LogP contribution in [0.4, 0.5) is 5.82 Å². The lowest BCUT2D eigenvalue weighted by atomic mass is 10.1. The molecule has 1 saturated heterocycles. The Balaban J connectivity index is 2.28. The van der Waals surface area contributed by atoms with Crippen LogP contribution < -0.4 is 5.32 Å². The van der Waals surface area contributed by atoms with Crippen molar-refractivity contribution in [3.05, 3.63) is 17.6 Å². The summed E-state index contributed by atoms with van der Waals surface area (Å²) in [6.07, 6.45) is 2.56. The van der Waals surface area contributed by atoms with Gasteiger partial charge >= 0.3 is 0 Å². The second-order valence-electron chi connectivity index (χ2n) is 4.98. The van der Waals surface area contributed by atoms with Crippen molar-refractivity contribution in [1.29, 1.82) is 0 Å². The molecule has 6 heteroatoms. The first-order valence-electron chi connectivity index (χ1n) is 6.86. The third kappa shape index (κ3) is 3.65. The zero-order chi connectivity index (χ0) is 13.9. The highest BCUT2D eigenvalue weighted by Gasteiger charge is 2.31. The van der Waals surface area contributed by atoms with Gasteiger partial charge in [0, 0.05) is 24.2 Å². The molecule has 19 heavy (non-hydrogen) atoms. The van der Waals surface area contributed by atoms with Crippen molar-refractivity contribution in [3.63, 3.8) is 0 Å². The molecule has 1 aromatic rings. The standard InChI is InChI=1S/C13H21N3O2S/c1-3-5-11-8-12(14-4-2)16-13(15-11)10-6-7-19(17,18)9-10/h8,10H,3-7,9H2,1-2H3,(H,14,15,16). The molecule has 0 radical (unpaired) electrons. The monoisotopic (exact) mass is 283 g/mol. The highest BCUT2D eigenvalue weighted by atomic mass is 32.2. The minimum Gasteiger partial charge on any atom is -0.370 e. The van der Waals surface area contributed by atoms with Gasteiger partial charge in [-0.15, -0.1) is 0 Å². The lowest BCUT2D eigenvalue weighted by molar-refractivity contribution is 0.601. The molecule has 0 aliphatic carbocycles. The molecule has 0 bridgehead atoms. The van der Waals surface area contributed by atoms with Gasteiger partial charge in [-0.3, -0.25) is 0 Å². The first-order valence-corrected chi connectivity index (χ1v) is 8.68. The smallest absolute Gasteiger partial charge is 0.151 e. The van der Waals surface area contributed by atoms with Crippen molar-refractivity contribution in [2.75, 3.05) is 23.4 Å². The maximum absolute atomic E-state index is 11.6. The number of sulfone groups is 1. The van der Waals surface area contributed by atoms with Crippen molar-refractivity contribution in [2.24, 2.45) is 0 Å².